The van der Waals surface area contributed by atoms with E-state index in [1.165, 1.54) is 13.8 Å². The molecule has 0 aromatic rings. The molecule has 2 fully saturated rings. The molecule has 0 aromatic carbocycles. The highest BCUT2D eigenvalue weighted by atomic mass is 16.6. The van der Waals surface area contributed by atoms with Crippen LogP contribution >= 0.6 is 0 Å². The Morgan fingerprint density at radius 2 is 1.83 bits per heavy atom. The van der Waals surface area contributed by atoms with Crippen LogP contribution in [0.25, 0.3) is 0 Å². The fourth-order valence-corrected chi connectivity index (χ4v) is 3.69. The number of hydrogen-bond donors (Lipinski definition) is 2. The van der Waals surface area contributed by atoms with E-state index < -0.39 is 53.3 Å². The molecule has 0 spiro atoms. The van der Waals surface area contributed by atoms with E-state index in [-0.39, 0.29) is 31.1 Å². The number of rotatable bonds is 8. The van der Waals surface area contributed by atoms with E-state index in [2.05, 4.69) is 0 Å². The third-order valence-corrected chi connectivity index (χ3v) is 5.76. The van der Waals surface area contributed by atoms with Gasteiger partial charge in [0.25, 0.3) is 0 Å². The van der Waals surface area contributed by atoms with Gasteiger partial charge in [0.1, 0.15) is 18.3 Å². The third-order valence-electron chi connectivity index (χ3n) is 5.76. The van der Waals surface area contributed by atoms with Crippen LogP contribution in [0.4, 0.5) is 0 Å². The van der Waals surface area contributed by atoms with Gasteiger partial charge in [-0.25, -0.2) is 0 Å². The van der Waals surface area contributed by atoms with Crippen molar-refractivity contribution in [3.05, 3.63) is 0 Å². The van der Waals surface area contributed by atoms with Gasteiger partial charge in [-0.2, -0.15) is 0 Å². The minimum atomic E-state index is -1.38. The Balaban J connectivity index is 2.15. The van der Waals surface area contributed by atoms with Crippen LogP contribution in [0.1, 0.15) is 67.2 Å². The average molecular weight is 414 g/mol. The topological polar surface area (TPSA) is 119 Å². The summed E-state index contributed by atoms with van der Waals surface area (Å²) >= 11 is 0. The number of esters is 3. The fraction of sp³-hybridized carbons (Fsp3) is 0.857. The van der Waals surface area contributed by atoms with Crippen LogP contribution in [0, 0.1) is 17.8 Å². The van der Waals surface area contributed by atoms with Gasteiger partial charge in [-0.3, -0.25) is 14.4 Å². The maximum absolute atomic E-state index is 12.9. The van der Waals surface area contributed by atoms with Gasteiger partial charge >= 0.3 is 17.9 Å². The Labute approximate surface area is 171 Å². The van der Waals surface area contributed by atoms with E-state index in [1.807, 2.05) is 6.92 Å². The van der Waals surface area contributed by atoms with Gasteiger partial charge in [0.2, 0.25) is 0 Å². The lowest BCUT2D eigenvalue weighted by Gasteiger charge is -2.36. The average Bonchev–Trinajstić information content (AvgIpc) is 2.90. The minimum absolute atomic E-state index is 0.0269. The van der Waals surface area contributed by atoms with Crippen LogP contribution in [0.5, 0.6) is 0 Å². The highest BCUT2D eigenvalue weighted by molar-refractivity contribution is 5.84. The Bertz CT molecular complexity index is 630. The van der Waals surface area contributed by atoms with E-state index in [0.717, 1.165) is 0 Å². The molecule has 8 nitrogen and oxygen atoms in total. The lowest BCUT2D eigenvalue weighted by molar-refractivity contribution is -0.179. The van der Waals surface area contributed by atoms with Crippen molar-refractivity contribution in [1.29, 1.82) is 0 Å². The van der Waals surface area contributed by atoms with Gasteiger partial charge in [0, 0.05) is 19.3 Å². The molecule has 0 radical (unpaired) electrons. The number of hydrogen-bond acceptors (Lipinski definition) is 8. The van der Waals surface area contributed by atoms with Gasteiger partial charge in [0.05, 0.1) is 29.0 Å². The smallest absolute Gasteiger partial charge is 0.310 e. The highest BCUT2D eigenvalue weighted by Gasteiger charge is 2.54. The standard InChI is InChI=1S/C21H34O8/c1-7-11(2)17(22)27-14-9-13(12-8-15(14)28-18(12)23)19(24)29-16(21(5,6)26)10-20(3,4)25/h11-16,25-26H,7-10H2,1-6H3. The van der Waals surface area contributed by atoms with E-state index >= 15 is 0 Å². The summed E-state index contributed by atoms with van der Waals surface area (Å²) in [6.45, 7) is 9.73. The Morgan fingerprint density at radius 3 is 2.34 bits per heavy atom. The summed E-state index contributed by atoms with van der Waals surface area (Å²) in [7, 11) is 0. The lowest BCUT2D eigenvalue weighted by Crippen LogP contribution is -2.47. The second kappa shape index (κ2) is 8.60. The largest absolute Gasteiger partial charge is 0.459 e. The van der Waals surface area contributed by atoms with Crippen molar-refractivity contribution in [3.63, 3.8) is 0 Å². The van der Waals surface area contributed by atoms with Crippen molar-refractivity contribution < 1.29 is 38.8 Å². The van der Waals surface area contributed by atoms with Gasteiger partial charge in [0.15, 0.2) is 0 Å². The predicted molar refractivity (Wildman–Crippen MR) is 103 cm³/mol. The molecule has 2 N–H and O–H groups in total. The Kier molecular flexibility index (Phi) is 7.00. The summed E-state index contributed by atoms with van der Waals surface area (Å²) in [5, 5.41) is 20.5. The monoisotopic (exact) mass is 414 g/mol. The number of carbonyl (C=O) groups is 3. The summed E-state index contributed by atoms with van der Waals surface area (Å²) in [6.07, 6.45) is -1.16. The SMILES string of the molecule is CCC(C)C(=O)OC1CC(C(=O)OC(CC(C)(C)O)C(C)(C)O)C2CC1OC2=O. The van der Waals surface area contributed by atoms with Crippen LogP contribution in [-0.2, 0) is 28.6 Å². The number of aliphatic hydroxyl groups is 2. The Hall–Kier alpha value is -1.67. The van der Waals surface area contributed by atoms with Crippen LogP contribution in [0.15, 0.2) is 0 Å². The molecule has 1 aliphatic heterocycles. The highest BCUT2D eigenvalue weighted by Crippen LogP contribution is 2.41. The molecular weight excluding hydrogens is 380 g/mol. The number of carbonyl (C=O) groups excluding carboxylic acids is 3. The molecular formula is C21H34O8. The lowest BCUT2D eigenvalue weighted by atomic mass is 9.78. The maximum atomic E-state index is 12.9. The molecule has 2 aliphatic rings. The van der Waals surface area contributed by atoms with Gasteiger partial charge in [-0.1, -0.05) is 13.8 Å². The minimum Gasteiger partial charge on any atom is -0.459 e. The van der Waals surface area contributed by atoms with E-state index in [4.69, 9.17) is 14.2 Å². The third kappa shape index (κ3) is 5.92. The first-order chi connectivity index (χ1) is 13.2. The normalized spacial score (nSPS) is 29.0. The number of fused-ring (bicyclic) bond motifs is 2. The molecule has 2 bridgehead atoms. The molecule has 1 aliphatic carbocycles. The van der Waals surface area contributed by atoms with Crippen LogP contribution in [0.3, 0.4) is 0 Å². The molecule has 0 amide bonds. The van der Waals surface area contributed by atoms with Crippen molar-refractivity contribution in [3.8, 4) is 0 Å². The molecule has 8 heteroatoms. The van der Waals surface area contributed by atoms with E-state index in [1.54, 1.807) is 20.8 Å². The molecule has 0 aromatic heterocycles. The van der Waals surface area contributed by atoms with Crippen molar-refractivity contribution in [2.24, 2.45) is 17.8 Å². The van der Waals surface area contributed by atoms with Gasteiger partial charge in [-0.15, -0.1) is 0 Å². The molecule has 29 heavy (non-hydrogen) atoms. The summed E-state index contributed by atoms with van der Waals surface area (Å²) in [4.78, 5) is 37.4. The Morgan fingerprint density at radius 1 is 1.21 bits per heavy atom. The first kappa shape index (κ1) is 23.6. The van der Waals surface area contributed by atoms with Crippen LogP contribution in [-0.4, -0.2) is 57.6 Å². The summed E-state index contributed by atoms with van der Waals surface area (Å²) in [6, 6.07) is 0. The van der Waals surface area contributed by atoms with E-state index in [0.29, 0.717) is 6.42 Å². The molecule has 6 unspecified atom stereocenters. The maximum Gasteiger partial charge on any atom is 0.310 e. The summed E-state index contributed by atoms with van der Waals surface area (Å²) in [5.74, 6) is -3.32. The van der Waals surface area contributed by atoms with Crippen molar-refractivity contribution in [1.82, 2.24) is 0 Å². The van der Waals surface area contributed by atoms with Crippen LogP contribution < -0.4 is 0 Å². The molecule has 6 atom stereocenters. The van der Waals surface area contributed by atoms with Crippen molar-refractivity contribution >= 4 is 17.9 Å². The first-order valence-corrected chi connectivity index (χ1v) is 10.3. The number of ether oxygens (including phenoxy) is 3. The van der Waals surface area contributed by atoms with E-state index in [9.17, 15) is 24.6 Å². The molecule has 2 rings (SSSR count). The fourth-order valence-electron chi connectivity index (χ4n) is 3.69. The second-order valence-corrected chi connectivity index (χ2v) is 9.54. The summed E-state index contributed by atoms with van der Waals surface area (Å²) in [5.41, 5.74) is -2.55. The zero-order chi connectivity index (χ0) is 22.1. The molecule has 1 saturated heterocycles. The molecule has 166 valence electrons. The predicted octanol–water partition coefficient (Wildman–Crippen LogP) is 1.74. The molecule has 1 heterocycles. The van der Waals surface area contributed by atoms with Crippen molar-refractivity contribution in [2.45, 2.75) is 96.7 Å². The zero-order valence-electron chi connectivity index (χ0n) is 18.1. The zero-order valence-corrected chi connectivity index (χ0v) is 18.1. The van der Waals surface area contributed by atoms with Gasteiger partial charge in [-0.05, 0) is 34.1 Å². The van der Waals surface area contributed by atoms with Gasteiger partial charge < -0.3 is 24.4 Å². The quantitative estimate of drug-likeness (QED) is 0.455. The van der Waals surface area contributed by atoms with Crippen molar-refractivity contribution in [2.75, 3.05) is 0 Å². The molecule has 1 saturated carbocycles. The summed E-state index contributed by atoms with van der Waals surface area (Å²) < 4.78 is 16.4. The second-order valence-electron chi connectivity index (χ2n) is 9.54. The van der Waals surface area contributed by atoms with Crippen LogP contribution in [0.2, 0.25) is 0 Å². The first-order valence-electron chi connectivity index (χ1n) is 10.3.